The Labute approximate surface area is 240 Å². The van der Waals surface area contributed by atoms with Crippen LogP contribution in [0, 0.1) is 17.8 Å². The number of anilines is 1. The van der Waals surface area contributed by atoms with Crippen LogP contribution in [0.25, 0.3) is 0 Å². The van der Waals surface area contributed by atoms with E-state index in [0.717, 1.165) is 6.42 Å². The molecular formula is C30H38ClN3O4S. The van der Waals surface area contributed by atoms with Gasteiger partial charge in [-0.15, -0.1) is 11.8 Å². The molecule has 4 heterocycles. The number of para-hydroxylation sites is 1. The molecular weight excluding hydrogens is 534 g/mol. The van der Waals surface area contributed by atoms with Crippen LogP contribution >= 0.6 is 23.4 Å². The topological polar surface area (TPSA) is 81.2 Å². The number of thioether (sulfide) groups is 1. The van der Waals surface area contributed by atoms with E-state index in [-0.39, 0.29) is 30.2 Å². The van der Waals surface area contributed by atoms with E-state index >= 15 is 0 Å². The Morgan fingerprint density at radius 3 is 2.44 bits per heavy atom. The van der Waals surface area contributed by atoms with Gasteiger partial charge in [-0.05, 0) is 37.8 Å². The minimum atomic E-state index is -0.955. The molecule has 0 aliphatic carbocycles. The molecule has 1 N–H and O–H groups in total. The first kappa shape index (κ1) is 28.2. The number of likely N-dealkylation sites (tertiary alicyclic amines) is 1. The highest BCUT2D eigenvalue weighted by molar-refractivity contribution is 8.02. The summed E-state index contributed by atoms with van der Waals surface area (Å²) >= 11 is 8.12. The number of fused-ring (bicyclic) bond motifs is 2. The number of benzene rings is 1. The van der Waals surface area contributed by atoms with Gasteiger partial charge in [0.05, 0.1) is 39.9 Å². The fraction of sp³-hybridized carbons (Fsp3) is 0.567. The second-order valence-corrected chi connectivity index (χ2v) is 13.9. The van der Waals surface area contributed by atoms with E-state index in [0.29, 0.717) is 36.8 Å². The van der Waals surface area contributed by atoms with Crippen LogP contribution in [0.4, 0.5) is 5.69 Å². The SMILES string of the molecule is CCCN1CC=C[C@]2(C)S[C@]34C=CCN(c5ccccc5Cl)C(=O)C3N([C@@H](CO)CC(C)C)C(=O)[C@@H]4[C@@H]2C1=O. The van der Waals surface area contributed by atoms with E-state index in [1.54, 1.807) is 27.6 Å². The summed E-state index contributed by atoms with van der Waals surface area (Å²) in [6.45, 7) is 9.33. The van der Waals surface area contributed by atoms with Crippen molar-refractivity contribution in [3.05, 3.63) is 53.6 Å². The summed E-state index contributed by atoms with van der Waals surface area (Å²) in [6.07, 6.45) is 9.43. The first-order valence-electron chi connectivity index (χ1n) is 13.9. The molecule has 4 aliphatic heterocycles. The summed E-state index contributed by atoms with van der Waals surface area (Å²) < 4.78 is -1.61. The molecule has 1 aromatic carbocycles. The maximum Gasteiger partial charge on any atom is 0.251 e. The summed E-state index contributed by atoms with van der Waals surface area (Å²) in [4.78, 5) is 48.5. The van der Waals surface area contributed by atoms with Crippen LogP contribution in [0.2, 0.25) is 5.02 Å². The summed E-state index contributed by atoms with van der Waals surface area (Å²) in [6, 6.07) is 5.80. The predicted molar refractivity (Wildman–Crippen MR) is 156 cm³/mol. The summed E-state index contributed by atoms with van der Waals surface area (Å²) in [5.41, 5.74) is 0.583. The van der Waals surface area contributed by atoms with Crippen LogP contribution in [0.15, 0.2) is 48.6 Å². The second kappa shape index (κ2) is 10.6. The standard InChI is InChI=1S/C30H38ClN3O4S/c1-5-14-32-15-8-12-29(4)23(26(32)36)24-27(37)34(20(18-35)17-19(2)3)25-28(38)33(16-9-13-30(24,25)39-29)22-11-7-6-10-21(22)31/h6-13,19-20,23-25,35H,5,14-18H2,1-4H3/t20-,23-,24+,25?,29+,30+/m1/s1. The molecule has 210 valence electrons. The van der Waals surface area contributed by atoms with E-state index in [1.807, 2.05) is 69.0 Å². The van der Waals surface area contributed by atoms with Crippen molar-refractivity contribution in [3.63, 3.8) is 0 Å². The van der Waals surface area contributed by atoms with Crippen molar-refractivity contribution < 1.29 is 19.5 Å². The molecule has 39 heavy (non-hydrogen) atoms. The normalized spacial score (nSPS) is 32.8. The Morgan fingerprint density at radius 2 is 1.77 bits per heavy atom. The summed E-state index contributed by atoms with van der Waals surface area (Å²) in [7, 11) is 0. The highest BCUT2D eigenvalue weighted by Gasteiger charge is 2.74. The Kier molecular flexibility index (Phi) is 7.68. The second-order valence-electron chi connectivity index (χ2n) is 11.7. The Bertz CT molecular complexity index is 1220. The first-order valence-corrected chi connectivity index (χ1v) is 15.1. The summed E-state index contributed by atoms with van der Waals surface area (Å²) in [5.74, 6) is -1.64. The number of carbonyl (C=O) groups is 3. The molecule has 0 radical (unpaired) electrons. The first-order chi connectivity index (χ1) is 18.6. The third-order valence-electron chi connectivity index (χ3n) is 8.56. The number of aliphatic hydroxyl groups excluding tert-OH is 1. The zero-order chi connectivity index (χ0) is 28.1. The minimum absolute atomic E-state index is 0.0369. The average Bonchev–Trinajstić information content (AvgIpc) is 3.17. The van der Waals surface area contributed by atoms with Crippen molar-refractivity contribution in [2.75, 3.05) is 31.1 Å². The Hall–Kier alpha value is -2.29. The third-order valence-corrected chi connectivity index (χ3v) is 10.7. The molecule has 5 rings (SSSR count). The maximum atomic E-state index is 14.6. The molecule has 3 amide bonds. The number of hydrogen-bond acceptors (Lipinski definition) is 5. The van der Waals surface area contributed by atoms with Gasteiger partial charge < -0.3 is 19.8 Å². The average molecular weight is 572 g/mol. The van der Waals surface area contributed by atoms with Gasteiger partial charge in [-0.25, -0.2) is 0 Å². The highest BCUT2D eigenvalue weighted by Crippen LogP contribution is 2.66. The molecule has 0 saturated carbocycles. The Balaban J connectivity index is 1.68. The number of rotatable bonds is 7. The van der Waals surface area contributed by atoms with Crippen molar-refractivity contribution >= 4 is 46.8 Å². The molecule has 4 aliphatic rings. The van der Waals surface area contributed by atoms with Gasteiger partial charge in [-0.2, -0.15) is 0 Å². The van der Waals surface area contributed by atoms with Gasteiger partial charge in [0.1, 0.15) is 6.04 Å². The van der Waals surface area contributed by atoms with Crippen LogP contribution in [0.3, 0.4) is 0 Å². The molecule has 1 unspecified atom stereocenters. The van der Waals surface area contributed by atoms with Gasteiger partial charge in [0.25, 0.3) is 5.91 Å². The molecule has 1 aromatic rings. The van der Waals surface area contributed by atoms with Gasteiger partial charge in [0, 0.05) is 24.4 Å². The lowest BCUT2D eigenvalue weighted by Crippen LogP contribution is -2.57. The largest absolute Gasteiger partial charge is 0.394 e. The lowest BCUT2D eigenvalue weighted by molar-refractivity contribution is -0.145. The quantitative estimate of drug-likeness (QED) is 0.497. The molecule has 1 spiro atoms. The van der Waals surface area contributed by atoms with Gasteiger partial charge in [-0.1, -0.05) is 68.8 Å². The fourth-order valence-corrected chi connectivity index (χ4v) is 9.46. The van der Waals surface area contributed by atoms with E-state index in [1.165, 1.54) is 0 Å². The molecule has 7 nitrogen and oxygen atoms in total. The monoisotopic (exact) mass is 571 g/mol. The van der Waals surface area contributed by atoms with Crippen molar-refractivity contribution in [2.45, 2.75) is 62.1 Å². The van der Waals surface area contributed by atoms with Crippen LogP contribution in [-0.2, 0) is 14.4 Å². The fourth-order valence-electron chi connectivity index (χ4n) is 7.08. The third kappa shape index (κ3) is 4.43. The molecule has 6 atom stereocenters. The Morgan fingerprint density at radius 1 is 1.05 bits per heavy atom. The molecule has 9 heteroatoms. The highest BCUT2D eigenvalue weighted by atomic mass is 35.5. The number of hydrogen-bond donors (Lipinski definition) is 1. The van der Waals surface area contributed by atoms with Gasteiger partial charge in [-0.3, -0.25) is 14.4 Å². The zero-order valence-corrected chi connectivity index (χ0v) is 24.6. The van der Waals surface area contributed by atoms with Crippen molar-refractivity contribution in [1.82, 2.24) is 9.80 Å². The minimum Gasteiger partial charge on any atom is -0.394 e. The van der Waals surface area contributed by atoms with E-state index in [4.69, 9.17) is 11.6 Å². The lowest BCUT2D eigenvalue weighted by atomic mass is 9.74. The number of carbonyl (C=O) groups excluding carboxylic acids is 3. The van der Waals surface area contributed by atoms with E-state index in [2.05, 4.69) is 6.08 Å². The van der Waals surface area contributed by atoms with Crippen molar-refractivity contribution in [2.24, 2.45) is 17.8 Å². The molecule has 2 fully saturated rings. The van der Waals surface area contributed by atoms with Crippen LogP contribution < -0.4 is 4.90 Å². The van der Waals surface area contributed by atoms with Crippen molar-refractivity contribution in [1.29, 1.82) is 0 Å². The van der Waals surface area contributed by atoms with Crippen molar-refractivity contribution in [3.8, 4) is 0 Å². The number of aliphatic hydroxyl groups is 1. The molecule has 0 aromatic heterocycles. The van der Waals surface area contributed by atoms with Gasteiger partial charge >= 0.3 is 0 Å². The van der Waals surface area contributed by atoms with E-state index in [9.17, 15) is 19.5 Å². The summed E-state index contributed by atoms with van der Waals surface area (Å²) in [5, 5.41) is 11.0. The number of nitrogens with zero attached hydrogens (tertiary/aromatic N) is 3. The lowest BCUT2D eigenvalue weighted by Gasteiger charge is -2.40. The predicted octanol–water partition coefficient (Wildman–Crippen LogP) is 4.15. The molecule has 0 bridgehead atoms. The van der Waals surface area contributed by atoms with Gasteiger partial charge in [0.2, 0.25) is 11.8 Å². The maximum absolute atomic E-state index is 14.6. The smallest absolute Gasteiger partial charge is 0.251 e. The van der Waals surface area contributed by atoms with Gasteiger partial charge in [0.15, 0.2) is 0 Å². The van der Waals surface area contributed by atoms with Crippen LogP contribution in [0.5, 0.6) is 0 Å². The number of halogens is 1. The zero-order valence-electron chi connectivity index (χ0n) is 23.0. The molecule has 2 saturated heterocycles. The van der Waals surface area contributed by atoms with Crippen LogP contribution in [0.1, 0.15) is 40.5 Å². The number of amides is 3. The van der Waals surface area contributed by atoms with E-state index < -0.39 is 33.4 Å². The van der Waals surface area contributed by atoms with Crippen LogP contribution in [-0.4, -0.2) is 80.4 Å².